The molecule has 0 unspecified atom stereocenters. The molecule has 10 atom stereocenters. The fourth-order valence-electron chi connectivity index (χ4n) is 2.57. The molecule has 11 nitrogen and oxygen atoms in total. The Morgan fingerprint density at radius 3 is 1.83 bits per heavy atom. The molecule has 2 aliphatic rings. The molecule has 0 aromatic rings. The van der Waals surface area contributed by atoms with Gasteiger partial charge in [-0.1, -0.05) is 0 Å². The first kappa shape index (κ1) is 18.9. The Kier molecular flexibility index (Phi) is 6.27. The Morgan fingerprint density at radius 2 is 1.26 bits per heavy atom. The van der Waals surface area contributed by atoms with Gasteiger partial charge in [-0.2, -0.15) is 0 Å². The summed E-state index contributed by atoms with van der Waals surface area (Å²) in [5.41, 5.74) is 0. The van der Waals surface area contributed by atoms with Crippen LogP contribution in [0.4, 0.5) is 0 Å². The van der Waals surface area contributed by atoms with E-state index in [2.05, 4.69) is 0 Å². The Hall–Kier alpha value is -0.440. The SMILES string of the molecule is OC[C@H]1O[C@@H](O[C@H]2[C@H](O)[C@H](O)[C@@H](O)O[C@@H]2CO)[C@@H](O)[C@@H](O)[C@@H]1O. The fraction of sp³-hybridized carbons (Fsp3) is 1.00. The lowest BCUT2D eigenvalue weighted by Crippen LogP contribution is -2.64. The molecule has 23 heavy (non-hydrogen) atoms. The van der Waals surface area contributed by atoms with Crippen LogP contribution in [-0.2, 0) is 14.2 Å². The molecule has 2 saturated heterocycles. The number of ether oxygens (including phenoxy) is 3. The summed E-state index contributed by atoms with van der Waals surface area (Å²) in [4.78, 5) is 0. The maximum atomic E-state index is 9.94. The van der Waals surface area contributed by atoms with Crippen molar-refractivity contribution in [2.75, 3.05) is 13.2 Å². The summed E-state index contributed by atoms with van der Waals surface area (Å²) in [6.07, 6.45) is -15.6. The molecule has 8 N–H and O–H groups in total. The van der Waals surface area contributed by atoms with Crippen molar-refractivity contribution in [3.63, 3.8) is 0 Å². The summed E-state index contributed by atoms with van der Waals surface area (Å²) < 4.78 is 15.3. The van der Waals surface area contributed by atoms with Crippen LogP contribution in [0.5, 0.6) is 0 Å². The van der Waals surface area contributed by atoms with Crippen molar-refractivity contribution in [2.45, 2.75) is 61.4 Å². The van der Waals surface area contributed by atoms with Crippen molar-refractivity contribution in [1.82, 2.24) is 0 Å². The first-order valence-electron chi connectivity index (χ1n) is 7.08. The van der Waals surface area contributed by atoms with Gasteiger partial charge >= 0.3 is 0 Å². The molecule has 2 fully saturated rings. The summed E-state index contributed by atoms with van der Waals surface area (Å²) in [7, 11) is 0. The molecular weight excluding hydrogens is 320 g/mol. The Labute approximate surface area is 130 Å². The molecule has 2 aliphatic heterocycles. The highest BCUT2D eigenvalue weighted by atomic mass is 16.7. The van der Waals surface area contributed by atoms with Crippen molar-refractivity contribution in [3.05, 3.63) is 0 Å². The van der Waals surface area contributed by atoms with Crippen molar-refractivity contribution in [1.29, 1.82) is 0 Å². The molecule has 2 rings (SSSR count). The molecule has 0 aromatic heterocycles. The van der Waals surface area contributed by atoms with Crippen molar-refractivity contribution in [2.24, 2.45) is 0 Å². The van der Waals surface area contributed by atoms with E-state index in [9.17, 15) is 35.7 Å². The van der Waals surface area contributed by atoms with E-state index in [1.807, 2.05) is 0 Å². The van der Waals surface area contributed by atoms with E-state index in [1.54, 1.807) is 0 Å². The second kappa shape index (κ2) is 7.63. The van der Waals surface area contributed by atoms with Gasteiger partial charge in [0.1, 0.15) is 48.8 Å². The van der Waals surface area contributed by atoms with Crippen LogP contribution in [0, 0.1) is 0 Å². The molecule has 0 saturated carbocycles. The summed E-state index contributed by atoms with van der Waals surface area (Å²) in [5, 5.41) is 76.5. The molecule has 0 bridgehead atoms. The fourth-order valence-corrected chi connectivity index (χ4v) is 2.57. The minimum Gasteiger partial charge on any atom is -0.394 e. The lowest BCUT2D eigenvalue weighted by Gasteiger charge is -2.45. The molecular formula is C12H22O11. The second-order valence-corrected chi connectivity index (χ2v) is 5.53. The van der Waals surface area contributed by atoms with Gasteiger partial charge in [0.25, 0.3) is 0 Å². The smallest absolute Gasteiger partial charge is 0.187 e. The lowest BCUT2D eigenvalue weighted by atomic mass is 9.97. The Balaban J connectivity index is 2.11. The zero-order valence-electron chi connectivity index (χ0n) is 12.0. The third kappa shape index (κ3) is 3.65. The van der Waals surface area contributed by atoms with Crippen LogP contribution in [0.3, 0.4) is 0 Å². The minimum absolute atomic E-state index is 0.667. The van der Waals surface area contributed by atoms with Crippen LogP contribution < -0.4 is 0 Å². The van der Waals surface area contributed by atoms with Crippen LogP contribution in [0.1, 0.15) is 0 Å². The van der Waals surface area contributed by atoms with Gasteiger partial charge in [0, 0.05) is 0 Å². The molecule has 0 aromatic carbocycles. The average Bonchev–Trinajstić information content (AvgIpc) is 2.55. The van der Waals surface area contributed by atoms with Gasteiger partial charge in [-0.05, 0) is 0 Å². The number of hydrogen-bond acceptors (Lipinski definition) is 11. The highest BCUT2D eigenvalue weighted by Gasteiger charge is 2.50. The summed E-state index contributed by atoms with van der Waals surface area (Å²) >= 11 is 0. The Bertz CT molecular complexity index is 378. The quantitative estimate of drug-likeness (QED) is 0.243. The maximum absolute atomic E-state index is 9.94. The largest absolute Gasteiger partial charge is 0.394 e. The summed E-state index contributed by atoms with van der Waals surface area (Å²) in [5.74, 6) is 0. The van der Waals surface area contributed by atoms with Gasteiger partial charge in [-0.15, -0.1) is 0 Å². The van der Waals surface area contributed by atoms with Crippen LogP contribution in [0.25, 0.3) is 0 Å². The zero-order chi connectivity index (χ0) is 17.3. The van der Waals surface area contributed by atoms with Crippen molar-refractivity contribution < 1.29 is 55.1 Å². The Morgan fingerprint density at radius 1 is 0.652 bits per heavy atom. The average molecular weight is 342 g/mol. The third-order valence-electron chi connectivity index (χ3n) is 3.98. The predicted octanol–water partition coefficient (Wildman–Crippen LogP) is -5.40. The van der Waals surface area contributed by atoms with E-state index >= 15 is 0 Å². The standard InChI is InChI=1S/C12H22O11/c13-1-3-5(15)6(16)9(19)12(22-3)23-10-4(2-14)21-11(20)8(18)7(10)17/h3-20H,1-2H2/t3-,4-,5-,6+,7-,8+,9+,10-,11+,12+/m1/s1. The van der Waals surface area contributed by atoms with Crippen LogP contribution in [0.2, 0.25) is 0 Å². The second-order valence-electron chi connectivity index (χ2n) is 5.53. The van der Waals surface area contributed by atoms with E-state index in [-0.39, 0.29) is 0 Å². The van der Waals surface area contributed by atoms with Gasteiger partial charge in [0.2, 0.25) is 0 Å². The highest BCUT2D eigenvalue weighted by molar-refractivity contribution is 4.93. The maximum Gasteiger partial charge on any atom is 0.187 e. The van der Waals surface area contributed by atoms with Gasteiger partial charge in [0.05, 0.1) is 13.2 Å². The van der Waals surface area contributed by atoms with Crippen molar-refractivity contribution >= 4 is 0 Å². The van der Waals surface area contributed by atoms with E-state index in [4.69, 9.17) is 19.3 Å². The topological polar surface area (TPSA) is 190 Å². The molecule has 136 valence electrons. The monoisotopic (exact) mass is 342 g/mol. The number of aliphatic hydroxyl groups is 8. The van der Waals surface area contributed by atoms with Crippen LogP contribution in [-0.4, -0.2) is 115 Å². The van der Waals surface area contributed by atoms with Gasteiger partial charge in [-0.25, -0.2) is 0 Å². The predicted molar refractivity (Wildman–Crippen MR) is 68.6 cm³/mol. The number of hydrogen-bond donors (Lipinski definition) is 8. The summed E-state index contributed by atoms with van der Waals surface area (Å²) in [6.45, 7) is -1.35. The molecule has 11 heteroatoms. The first-order valence-corrected chi connectivity index (χ1v) is 7.08. The summed E-state index contributed by atoms with van der Waals surface area (Å²) in [6, 6.07) is 0. The third-order valence-corrected chi connectivity index (χ3v) is 3.98. The first-order chi connectivity index (χ1) is 10.8. The van der Waals surface area contributed by atoms with Gasteiger partial charge < -0.3 is 55.1 Å². The van der Waals surface area contributed by atoms with E-state index < -0.39 is 74.6 Å². The molecule has 0 aliphatic carbocycles. The molecule has 2 heterocycles. The number of aliphatic hydroxyl groups excluding tert-OH is 8. The van der Waals surface area contributed by atoms with E-state index in [1.165, 1.54) is 0 Å². The molecule has 0 spiro atoms. The lowest BCUT2D eigenvalue weighted by molar-refractivity contribution is -0.355. The highest BCUT2D eigenvalue weighted by Crippen LogP contribution is 2.28. The van der Waals surface area contributed by atoms with E-state index in [0.29, 0.717) is 0 Å². The van der Waals surface area contributed by atoms with Gasteiger partial charge in [0.15, 0.2) is 12.6 Å². The minimum atomic E-state index is -1.74. The van der Waals surface area contributed by atoms with Gasteiger partial charge in [-0.3, -0.25) is 0 Å². The normalized spacial score (nSPS) is 51.7. The van der Waals surface area contributed by atoms with E-state index in [0.717, 1.165) is 0 Å². The van der Waals surface area contributed by atoms with Crippen LogP contribution in [0.15, 0.2) is 0 Å². The van der Waals surface area contributed by atoms with Crippen molar-refractivity contribution in [3.8, 4) is 0 Å². The van der Waals surface area contributed by atoms with Crippen LogP contribution >= 0.6 is 0 Å². The molecule has 0 amide bonds. The zero-order valence-corrected chi connectivity index (χ0v) is 12.0. The molecule has 0 radical (unpaired) electrons. The number of rotatable bonds is 4.